The summed E-state index contributed by atoms with van der Waals surface area (Å²) in [6, 6.07) is 20.9. The molecule has 15 heteroatoms. The van der Waals surface area contributed by atoms with Crippen LogP contribution in [0, 0.1) is 0 Å². The van der Waals surface area contributed by atoms with Gasteiger partial charge in [-0.15, -0.1) is 0 Å². The second kappa shape index (κ2) is 18.3. The molecule has 5 atom stereocenters. The zero-order valence-electron chi connectivity index (χ0n) is 30.2. The molecule has 0 spiro atoms. The molecule has 3 aromatic carbocycles. The zero-order chi connectivity index (χ0) is 38.9. The van der Waals surface area contributed by atoms with E-state index in [4.69, 9.17) is 9.47 Å². The highest BCUT2D eigenvalue weighted by atomic mass is 32.2. The van der Waals surface area contributed by atoms with Gasteiger partial charge in [0.1, 0.15) is 18.4 Å². The molecule has 0 aromatic heterocycles. The zero-order valence-corrected chi connectivity index (χ0v) is 31.1. The van der Waals surface area contributed by atoms with Gasteiger partial charge in [0.25, 0.3) is 0 Å². The van der Waals surface area contributed by atoms with Crippen LogP contribution in [0.4, 0.5) is 18.0 Å². The van der Waals surface area contributed by atoms with E-state index in [1.165, 1.54) is 0 Å². The summed E-state index contributed by atoms with van der Waals surface area (Å²) in [7, 11) is -1.89. The average molecular weight is 773 g/mol. The molecule has 1 aliphatic carbocycles. The fourth-order valence-corrected chi connectivity index (χ4v) is 8.17. The summed E-state index contributed by atoms with van der Waals surface area (Å²) in [5.74, 6) is -1.38. The molecule has 0 saturated carbocycles. The number of aliphatic hydroxyl groups is 1. The van der Waals surface area contributed by atoms with E-state index in [1.807, 2.05) is 78.9 Å². The summed E-state index contributed by atoms with van der Waals surface area (Å²) in [5.41, 5.74) is 3.36. The van der Waals surface area contributed by atoms with Crippen LogP contribution in [0.15, 0.2) is 91.0 Å². The summed E-state index contributed by atoms with van der Waals surface area (Å²) in [5, 5.41) is 17.9. The maximum atomic E-state index is 13.9. The Balaban J connectivity index is 1.48. The van der Waals surface area contributed by atoms with Crippen LogP contribution >= 0.6 is 0 Å². The molecule has 3 N–H and O–H groups in total. The second-order valence-electron chi connectivity index (χ2n) is 13.5. The normalized spacial score (nSPS) is 22.8. The van der Waals surface area contributed by atoms with Gasteiger partial charge in [-0.25, -0.2) is 13.2 Å². The Morgan fingerprint density at radius 2 is 1.69 bits per heavy atom. The number of carbonyl (C=O) groups is 2. The molecule has 2 bridgehead atoms. The SMILES string of the molecule is COc1ccc2c(c1)[C@@H]1CC2N(C(=O)OCc2ccccc2)CCC=CC[C@H](N(C)S(=O)(=O)CCC(F)(F)F)C(=O)N[C@@H](Cc2ccccc2)[C@H](O)CN1. The topological polar surface area (TPSA) is 138 Å². The molecule has 1 heterocycles. The van der Waals surface area contributed by atoms with Gasteiger partial charge in [-0.05, 0) is 60.1 Å². The Morgan fingerprint density at radius 3 is 2.35 bits per heavy atom. The lowest BCUT2D eigenvalue weighted by Gasteiger charge is -2.31. The maximum absolute atomic E-state index is 13.9. The van der Waals surface area contributed by atoms with Gasteiger partial charge in [-0.3, -0.25) is 4.79 Å². The van der Waals surface area contributed by atoms with Crippen molar-refractivity contribution < 1.29 is 45.8 Å². The van der Waals surface area contributed by atoms with Crippen LogP contribution < -0.4 is 15.4 Å². The molecule has 3 aromatic rings. The number of carbonyl (C=O) groups excluding carboxylic acids is 2. The number of aliphatic hydroxyl groups excluding tert-OH is 1. The summed E-state index contributed by atoms with van der Waals surface area (Å²) in [6.07, 6.45) is -3.97. The van der Waals surface area contributed by atoms with Crippen molar-refractivity contribution in [3.63, 3.8) is 0 Å². The van der Waals surface area contributed by atoms with E-state index in [9.17, 15) is 36.3 Å². The Labute approximate surface area is 314 Å². The van der Waals surface area contributed by atoms with Gasteiger partial charge in [0, 0.05) is 26.2 Å². The molecule has 0 saturated heterocycles. The summed E-state index contributed by atoms with van der Waals surface area (Å²) >= 11 is 0. The molecule has 2 aliphatic rings. The van der Waals surface area contributed by atoms with Crippen LogP contribution in [0.1, 0.15) is 60.0 Å². The molecular weight excluding hydrogens is 726 g/mol. The molecule has 54 heavy (non-hydrogen) atoms. The molecule has 1 unspecified atom stereocenters. The van der Waals surface area contributed by atoms with Gasteiger partial charge in [0.05, 0.1) is 37.5 Å². The van der Waals surface area contributed by atoms with Crippen molar-refractivity contribution in [1.82, 2.24) is 19.8 Å². The summed E-state index contributed by atoms with van der Waals surface area (Å²) < 4.78 is 77.4. The lowest BCUT2D eigenvalue weighted by Crippen LogP contribution is -2.55. The van der Waals surface area contributed by atoms with Crippen molar-refractivity contribution in [3.8, 4) is 5.75 Å². The highest BCUT2D eigenvalue weighted by molar-refractivity contribution is 7.89. The van der Waals surface area contributed by atoms with Crippen LogP contribution in [0.2, 0.25) is 0 Å². The number of ether oxygens (including phenoxy) is 2. The largest absolute Gasteiger partial charge is 0.497 e. The minimum absolute atomic E-state index is 0.00540. The lowest BCUT2D eigenvalue weighted by molar-refractivity contribution is -0.130. The monoisotopic (exact) mass is 772 g/mol. The number of alkyl halides is 3. The lowest BCUT2D eigenvalue weighted by atomic mass is 9.99. The molecule has 5 rings (SSSR count). The van der Waals surface area contributed by atoms with E-state index in [1.54, 1.807) is 24.2 Å². The van der Waals surface area contributed by atoms with E-state index in [-0.39, 0.29) is 38.6 Å². The predicted molar refractivity (Wildman–Crippen MR) is 197 cm³/mol. The number of halogens is 3. The van der Waals surface area contributed by atoms with Gasteiger partial charge in [0.2, 0.25) is 15.9 Å². The number of hydrogen-bond donors (Lipinski definition) is 3. The van der Waals surface area contributed by atoms with Crippen molar-refractivity contribution in [2.75, 3.05) is 33.0 Å². The van der Waals surface area contributed by atoms with Crippen molar-refractivity contribution in [1.29, 1.82) is 0 Å². The Kier molecular flexibility index (Phi) is 13.8. The number of amides is 2. The van der Waals surface area contributed by atoms with Gasteiger partial charge < -0.3 is 30.1 Å². The van der Waals surface area contributed by atoms with Crippen molar-refractivity contribution in [3.05, 3.63) is 113 Å². The third kappa shape index (κ3) is 10.8. The number of benzene rings is 3. The number of rotatable bonds is 9. The van der Waals surface area contributed by atoms with E-state index in [0.717, 1.165) is 29.3 Å². The van der Waals surface area contributed by atoms with Crippen LogP contribution in [0.3, 0.4) is 0 Å². The fraction of sp³-hybridized carbons (Fsp3) is 0.436. The molecule has 2 amide bonds. The van der Waals surface area contributed by atoms with E-state index in [0.29, 0.717) is 22.9 Å². The van der Waals surface area contributed by atoms with E-state index in [2.05, 4.69) is 10.6 Å². The quantitative estimate of drug-likeness (QED) is 0.245. The smallest absolute Gasteiger partial charge is 0.410 e. The van der Waals surface area contributed by atoms with Gasteiger partial charge in [-0.1, -0.05) is 78.9 Å². The van der Waals surface area contributed by atoms with Crippen molar-refractivity contribution in [2.45, 2.75) is 75.2 Å². The Bertz CT molecular complexity index is 1850. The van der Waals surface area contributed by atoms with Crippen LogP contribution in [0.25, 0.3) is 0 Å². The van der Waals surface area contributed by atoms with Gasteiger partial charge in [0.15, 0.2) is 0 Å². The average Bonchev–Trinajstić information content (AvgIpc) is 3.51. The number of nitrogens with zero attached hydrogens (tertiary/aromatic N) is 2. The van der Waals surface area contributed by atoms with E-state index >= 15 is 0 Å². The number of β-amino-alcohol motifs (C(OH)–C–C–N with tert-alkyl or cyclic N) is 1. The number of hydrogen-bond acceptors (Lipinski definition) is 8. The molecular formula is C39H47F3N4O7S. The number of nitrogens with one attached hydrogen (secondary N) is 2. The third-order valence-electron chi connectivity index (χ3n) is 9.85. The van der Waals surface area contributed by atoms with E-state index < -0.39 is 64.6 Å². The third-order valence-corrected chi connectivity index (χ3v) is 11.7. The first-order valence-electron chi connectivity index (χ1n) is 17.8. The first-order chi connectivity index (χ1) is 25.8. The molecule has 0 radical (unpaired) electrons. The fourth-order valence-electron chi connectivity index (χ4n) is 6.82. The van der Waals surface area contributed by atoms with Crippen molar-refractivity contribution >= 4 is 22.0 Å². The standard InChI is InChI=1S/C39H47F3N4O7S/c1-45(54(50,51)21-19-39(40,41)42)34-16-10-5-11-20-46(38(49)53-26-28-14-8-4-9-15-28)35-24-32(31-23-29(52-2)17-18-30(31)35)43-25-36(47)33(44-37(34)48)22-27-12-6-3-7-13-27/h3-10,12-15,17-18,23,32-36,43,47H,11,16,19-22,24-26H2,1-2H3,(H,44,48)/t32-,33-,34-,35?,36+/m0/s1. The number of likely N-dealkylation sites (N-methyl/N-ethyl adjacent to an activating group) is 1. The summed E-state index contributed by atoms with van der Waals surface area (Å²) in [4.78, 5) is 29.4. The molecule has 11 nitrogen and oxygen atoms in total. The minimum atomic E-state index is -4.72. The van der Waals surface area contributed by atoms with Crippen molar-refractivity contribution in [2.24, 2.45) is 0 Å². The minimum Gasteiger partial charge on any atom is -0.497 e. The number of methoxy groups -OCH3 is 1. The van der Waals surface area contributed by atoms with Crippen LogP contribution in [-0.2, 0) is 32.6 Å². The Hall–Kier alpha value is -4.44. The molecule has 1 aliphatic heterocycles. The van der Waals surface area contributed by atoms with Crippen LogP contribution in [0.5, 0.6) is 5.75 Å². The predicted octanol–water partition coefficient (Wildman–Crippen LogP) is 5.43. The second-order valence-corrected chi connectivity index (χ2v) is 15.7. The van der Waals surface area contributed by atoms with Gasteiger partial charge >= 0.3 is 12.3 Å². The number of sulfonamides is 1. The summed E-state index contributed by atoms with van der Waals surface area (Å²) in [6.45, 7) is 0.247. The first-order valence-corrected chi connectivity index (χ1v) is 19.4. The number of fused-ring (bicyclic) bond motifs is 5. The van der Waals surface area contributed by atoms with Gasteiger partial charge in [-0.2, -0.15) is 17.5 Å². The van der Waals surface area contributed by atoms with Crippen LogP contribution in [-0.4, -0.2) is 92.1 Å². The first kappa shape index (κ1) is 40.7. The maximum Gasteiger partial charge on any atom is 0.410 e. The Morgan fingerprint density at radius 1 is 1.00 bits per heavy atom. The highest BCUT2D eigenvalue weighted by Gasteiger charge is 2.39. The molecule has 0 fully saturated rings. The molecule has 292 valence electrons. The highest BCUT2D eigenvalue weighted by Crippen LogP contribution is 2.44.